The van der Waals surface area contributed by atoms with Crippen LogP contribution in [0.15, 0.2) is 12.7 Å². The summed E-state index contributed by atoms with van der Waals surface area (Å²) in [6.45, 7) is 9.40. The lowest BCUT2D eigenvalue weighted by molar-refractivity contribution is -0.124. The second-order valence-electron chi connectivity index (χ2n) is 6.77. The molecule has 1 amide bonds. The lowest BCUT2D eigenvalue weighted by Gasteiger charge is -2.41. The van der Waals surface area contributed by atoms with E-state index in [1.54, 1.807) is 4.90 Å². The zero-order chi connectivity index (χ0) is 15.2. The fourth-order valence-corrected chi connectivity index (χ4v) is 3.61. The van der Waals surface area contributed by atoms with E-state index in [9.17, 15) is 4.79 Å². The Morgan fingerprint density at radius 2 is 1.81 bits per heavy atom. The van der Waals surface area contributed by atoms with E-state index in [0.717, 1.165) is 24.9 Å². The number of hydrogen-bond acceptors (Lipinski definition) is 3. The van der Waals surface area contributed by atoms with Gasteiger partial charge in [-0.25, -0.2) is 0 Å². The minimum absolute atomic E-state index is 0.0405. The predicted octanol–water partition coefficient (Wildman–Crippen LogP) is 1.83. The summed E-state index contributed by atoms with van der Waals surface area (Å²) >= 11 is 0. The number of hydrogen-bond donors (Lipinski definition) is 0. The van der Waals surface area contributed by atoms with E-state index in [1.165, 1.54) is 57.9 Å². The van der Waals surface area contributed by atoms with Crippen molar-refractivity contribution in [3.8, 4) is 0 Å². The monoisotopic (exact) mass is 293 g/mol. The number of amides is 1. The van der Waals surface area contributed by atoms with Crippen molar-refractivity contribution in [1.82, 2.24) is 14.7 Å². The molecule has 0 unspecified atom stereocenters. The van der Waals surface area contributed by atoms with E-state index >= 15 is 0 Å². The second-order valence-corrected chi connectivity index (χ2v) is 6.77. The molecule has 21 heavy (non-hydrogen) atoms. The van der Waals surface area contributed by atoms with Crippen molar-refractivity contribution < 1.29 is 4.79 Å². The molecule has 4 heteroatoms. The van der Waals surface area contributed by atoms with Gasteiger partial charge in [-0.15, -0.1) is 0 Å². The van der Waals surface area contributed by atoms with Gasteiger partial charge in [0.1, 0.15) is 0 Å². The zero-order valence-electron chi connectivity index (χ0n) is 13.8. The molecule has 0 aromatic carbocycles. The first-order valence-corrected chi connectivity index (χ1v) is 8.40. The summed E-state index contributed by atoms with van der Waals surface area (Å²) in [5.74, 6) is 0.825. The van der Waals surface area contributed by atoms with Crippen LogP contribution < -0.4 is 0 Å². The molecular formula is C17H31N3O. The zero-order valence-corrected chi connectivity index (χ0v) is 13.8. The van der Waals surface area contributed by atoms with Gasteiger partial charge in [0.25, 0.3) is 0 Å². The lowest BCUT2D eigenvalue weighted by atomic mass is 9.91. The molecule has 0 bridgehead atoms. The summed E-state index contributed by atoms with van der Waals surface area (Å²) < 4.78 is 0. The lowest BCUT2D eigenvalue weighted by Crippen LogP contribution is -2.47. The number of likely N-dealkylation sites (N-methyl/N-ethyl adjacent to an activating group) is 1. The van der Waals surface area contributed by atoms with E-state index in [0.29, 0.717) is 0 Å². The van der Waals surface area contributed by atoms with Crippen LogP contribution >= 0.6 is 0 Å². The molecule has 2 aliphatic heterocycles. The molecular weight excluding hydrogens is 262 g/mol. The Balaban J connectivity index is 1.66. The van der Waals surface area contributed by atoms with Crippen molar-refractivity contribution in [1.29, 1.82) is 0 Å². The maximum Gasteiger partial charge on any atom is 0.245 e. The molecule has 0 radical (unpaired) electrons. The first kappa shape index (κ1) is 16.5. The average Bonchev–Trinajstić information content (AvgIpc) is 2.53. The molecule has 120 valence electrons. The van der Waals surface area contributed by atoms with Crippen LogP contribution in [0.4, 0.5) is 0 Å². The minimum atomic E-state index is 0.0405. The number of carbonyl (C=O) groups excluding carboxylic acids is 1. The molecule has 0 saturated carbocycles. The first-order chi connectivity index (χ1) is 10.1. The topological polar surface area (TPSA) is 26.8 Å². The summed E-state index contributed by atoms with van der Waals surface area (Å²) in [6.07, 6.45) is 7.79. The van der Waals surface area contributed by atoms with Crippen LogP contribution in [0, 0.1) is 5.92 Å². The van der Waals surface area contributed by atoms with Gasteiger partial charge in [-0.1, -0.05) is 6.58 Å². The maximum absolute atomic E-state index is 11.5. The summed E-state index contributed by atoms with van der Waals surface area (Å²) in [7, 11) is 4.10. The predicted molar refractivity (Wildman–Crippen MR) is 87.3 cm³/mol. The van der Waals surface area contributed by atoms with Crippen LogP contribution in [-0.4, -0.2) is 73.5 Å². The quantitative estimate of drug-likeness (QED) is 0.724. The molecule has 0 N–H and O–H groups in total. The Hall–Kier alpha value is -0.870. The third kappa shape index (κ3) is 4.82. The van der Waals surface area contributed by atoms with E-state index < -0.39 is 0 Å². The number of rotatable bonds is 5. The Labute approximate surface area is 129 Å². The highest BCUT2D eigenvalue weighted by Crippen LogP contribution is 2.25. The van der Waals surface area contributed by atoms with E-state index in [2.05, 4.69) is 23.4 Å². The largest absolute Gasteiger partial charge is 0.342 e. The van der Waals surface area contributed by atoms with Gasteiger partial charge in [0.2, 0.25) is 5.91 Å². The van der Waals surface area contributed by atoms with Crippen LogP contribution in [0.1, 0.15) is 32.1 Å². The maximum atomic E-state index is 11.5. The van der Waals surface area contributed by atoms with Gasteiger partial charge < -0.3 is 14.7 Å². The minimum Gasteiger partial charge on any atom is -0.342 e. The Morgan fingerprint density at radius 3 is 2.38 bits per heavy atom. The van der Waals surface area contributed by atoms with Crippen LogP contribution in [0.5, 0.6) is 0 Å². The summed E-state index contributed by atoms with van der Waals surface area (Å²) in [5, 5.41) is 0. The van der Waals surface area contributed by atoms with Gasteiger partial charge >= 0.3 is 0 Å². The molecule has 0 aromatic rings. The molecule has 4 nitrogen and oxygen atoms in total. The molecule has 0 spiro atoms. The van der Waals surface area contributed by atoms with Gasteiger partial charge in [0.05, 0.1) is 0 Å². The first-order valence-electron chi connectivity index (χ1n) is 8.40. The highest BCUT2D eigenvalue weighted by molar-refractivity contribution is 5.86. The molecule has 2 saturated heterocycles. The van der Waals surface area contributed by atoms with Gasteiger partial charge in [-0.05, 0) is 77.3 Å². The number of carbonyl (C=O) groups is 1. The second kappa shape index (κ2) is 7.95. The van der Waals surface area contributed by atoms with E-state index in [4.69, 9.17) is 0 Å². The summed E-state index contributed by atoms with van der Waals surface area (Å²) in [5.41, 5.74) is 0. The average molecular weight is 293 g/mol. The molecule has 0 aromatic heterocycles. The summed E-state index contributed by atoms with van der Waals surface area (Å²) in [4.78, 5) is 18.4. The van der Waals surface area contributed by atoms with Gasteiger partial charge in [-0.3, -0.25) is 4.79 Å². The van der Waals surface area contributed by atoms with Crippen molar-refractivity contribution >= 4 is 5.91 Å². The van der Waals surface area contributed by atoms with Crippen LogP contribution in [0.2, 0.25) is 0 Å². The third-order valence-corrected chi connectivity index (χ3v) is 5.28. The molecule has 2 fully saturated rings. The van der Waals surface area contributed by atoms with Crippen molar-refractivity contribution in [3.05, 3.63) is 12.7 Å². The Morgan fingerprint density at radius 1 is 1.19 bits per heavy atom. The van der Waals surface area contributed by atoms with Crippen molar-refractivity contribution in [2.24, 2.45) is 5.92 Å². The van der Waals surface area contributed by atoms with Crippen LogP contribution in [-0.2, 0) is 4.79 Å². The highest BCUT2D eigenvalue weighted by Gasteiger charge is 2.27. The normalized spacial score (nSPS) is 23.1. The van der Waals surface area contributed by atoms with Gasteiger partial charge in [-0.2, -0.15) is 0 Å². The molecule has 2 rings (SSSR count). The molecule has 2 heterocycles. The standard InChI is InChI=1S/C17H31N3O/c1-4-17(21)19(3)12-5-15-6-13-20(14-7-15)16-8-10-18(2)11-9-16/h4,15-16H,1,5-14H2,2-3H3. The van der Waals surface area contributed by atoms with Crippen LogP contribution in [0.3, 0.4) is 0 Å². The number of nitrogens with zero attached hydrogens (tertiary/aromatic N) is 3. The smallest absolute Gasteiger partial charge is 0.245 e. The van der Waals surface area contributed by atoms with Crippen molar-refractivity contribution in [2.45, 2.75) is 38.1 Å². The van der Waals surface area contributed by atoms with Crippen molar-refractivity contribution in [3.63, 3.8) is 0 Å². The van der Waals surface area contributed by atoms with Gasteiger partial charge in [0, 0.05) is 19.6 Å². The van der Waals surface area contributed by atoms with Crippen molar-refractivity contribution in [2.75, 3.05) is 46.8 Å². The number of likely N-dealkylation sites (tertiary alicyclic amines) is 2. The fraction of sp³-hybridized carbons (Fsp3) is 0.824. The third-order valence-electron chi connectivity index (χ3n) is 5.28. The fourth-order valence-electron chi connectivity index (χ4n) is 3.61. The molecule has 0 aliphatic carbocycles. The van der Waals surface area contributed by atoms with Gasteiger partial charge in [0.15, 0.2) is 0 Å². The van der Waals surface area contributed by atoms with E-state index in [1.807, 2.05) is 7.05 Å². The highest BCUT2D eigenvalue weighted by atomic mass is 16.2. The van der Waals surface area contributed by atoms with E-state index in [-0.39, 0.29) is 5.91 Å². The van der Waals surface area contributed by atoms with Crippen LogP contribution in [0.25, 0.3) is 0 Å². The Kier molecular flexibility index (Phi) is 6.24. The molecule has 2 aliphatic rings. The number of piperidine rings is 2. The SMILES string of the molecule is C=CC(=O)N(C)CCC1CCN(C2CCN(C)CC2)CC1. The summed E-state index contributed by atoms with van der Waals surface area (Å²) in [6, 6.07) is 0.812. The Bertz CT molecular complexity index is 342. The molecule has 0 atom stereocenters.